The number of benzene rings is 8. The lowest BCUT2D eigenvalue weighted by molar-refractivity contribution is 0.660. The maximum atomic E-state index is 6.19. The van der Waals surface area contributed by atoms with E-state index in [0.29, 0.717) is 0 Å². The van der Waals surface area contributed by atoms with Crippen LogP contribution in [0.1, 0.15) is 25.0 Å². The molecule has 0 atom stereocenters. The Morgan fingerprint density at radius 3 is 1.83 bits per heavy atom. The van der Waals surface area contributed by atoms with Crippen molar-refractivity contribution in [3.05, 3.63) is 199 Å². The smallest absolute Gasteiger partial charge is 0.135 e. The zero-order valence-electron chi connectivity index (χ0n) is 29.8. The van der Waals surface area contributed by atoms with E-state index in [1.165, 1.54) is 44.5 Å². The molecule has 10 rings (SSSR count). The van der Waals surface area contributed by atoms with Gasteiger partial charge in [-0.1, -0.05) is 159 Å². The number of furan rings is 1. The third kappa shape index (κ3) is 5.02. The summed E-state index contributed by atoms with van der Waals surface area (Å²) in [5.41, 5.74) is 17.5. The molecule has 0 unspecified atom stereocenters. The molecule has 0 radical (unpaired) electrons. The summed E-state index contributed by atoms with van der Waals surface area (Å²) in [4.78, 5) is 2.46. The summed E-state index contributed by atoms with van der Waals surface area (Å²) in [7, 11) is 0. The summed E-state index contributed by atoms with van der Waals surface area (Å²) >= 11 is 0. The lowest BCUT2D eigenvalue weighted by atomic mass is 9.82. The molecule has 9 aromatic rings. The Balaban J connectivity index is 1.21. The van der Waals surface area contributed by atoms with E-state index in [1.807, 2.05) is 12.1 Å². The van der Waals surface area contributed by atoms with E-state index in [0.717, 1.165) is 50.1 Å². The van der Waals surface area contributed by atoms with Crippen molar-refractivity contribution >= 4 is 39.0 Å². The summed E-state index contributed by atoms with van der Waals surface area (Å²) in [6.45, 7) is 4.70. The molecule has 1 heterocycles. The second-order valence-corrected chi connectivity index (χ2v) is 14.5. The van der Waals surface area contributed by atoms with Crippen molar-refractivity contribution in [2.45, 2.75) is 19.3 Å². The van der Waals surface area contributed by atoms with Crippen molar-refractivity contribution < 1.29 is 4.42 Å². The van der Waals surface area contributed by atoms with Crippen LogP contribution >= 0.6 is 0 Å². The molecule has 0 fully saturated rings. The number of nitrogens with zero attached hydrogens (tertiary/aromatic N) is 1. The first kappa shape index (κ1) is 31.1. The van der Waals surface area contributed by atoms with E-state index in [2.05, 4.69) is 195 Å². The SMILES string of the molecule is CC1(C)c2ccccc2-c2c(-c3ccccc3N(c3cccc(-c4ccc5oc6ccccc6c5c4)c3)c3ccccc3-c3ccccc3)cccc21. The first-order valence-electron chi connectivity index (χ1n) is 18.4. The number of fused-ring (bicyclic) bond motifs is 6. The van der Waals surface area contributed by atoms with Crippen molar-refractivity contribution in [2.24, 2.45) is 0 Å². The van der Waals surface area contributed by atoms with Crippen LogP contribution in [-0.4, -0.2) is 0 Å². The average molecular weight is 680 g/mol. The highest BCUT2D eigenvalue weighted by molar-refractivity contribution is 6.06. The summed E-state index contributed by atoms with van der Waals surface area (Å²) < 4.78 is 6.19. The Morgan fingerprint density at radius 1 is 0.396 bits per heavy atom. The number of hydrogen-bond acceptors (Lipinski definition) is 2. The van der Waals surface area contributed by atoms with Crippen LogP contribution in [0.15, 0.2) is 192 Å². The monoisotopic (exact) mass is 679 g/mol. The van der Waals surface area contributed by atoms with Gasteiger partial charge in [-0.3, -0.25) is 0 Å². The largest absolute Gasteiger partial charge is 0.456 e. The second-order valence-electron chi connectivity index (χ2n) is 14.5. The molecule has 0 bridgehead atoms. The molecule has 0 spiro atoms. The van der Waals surface area contributed by atoms with E-state index in [1.54, 1.807) is 0 Å². The maximum Gasteiger partial charge on any atom is 0.135 e. The zero-order chi connectivity index (χ0) is 35.5. The lowest BCUT2D eigenvalue weighted by Gasteiger charge is -2.30. The van der Waals surface area contributed by atoms with Gasteiger partial charge in [0.2, 0.25) is 0 Å². The molecule has 2 heteroatoms. The van der Waals surface area contributed by atoms with Gasteiger partial charge in [-0.2, -0.15) is 0 Å². The van der Waals surface area contributed by atoms with Crippen LogP contribution in [0, 0.1) is 0 Å². The van der Waals surface area contributed by atoms with Crippen LogP contribution in [0.4, 0.5) is 17.1 Å². The van der Waals surface area contributed by atoms with Gasteiger partial charge >= 0.3 is 0 Å². The van der Waals surface area contributed by atoms with Crippen molar-refractivity contribution in [1.82, 2.24) is 0 Å². The van der Waals surface area contributed by atoms with Crippen molar-refractivity contribution in [2.75, 3.05) is 4.90 Å². The average Bonchev–Trinajstić information content (AvgIpc) is 3.70. The molecule has 8 aromatic carbocycles. The van der Waals surface area contributed by atoms with Gasteiger partial charge in [0.05, 0.1) is 11.4 Å². The van der Waals surface area contributed by atoms with E-state index >= 15 is 0 Å². The predicted molar refractivity (Wildman–Crippen MR) is 222 cm³/mol. The van der Waals surface area contributed by atoms with Gasteiger partial charge in [-0.15, -0.1) is 0 Å². The predicted octanol–water partition coefficient (Wildman–Crippen LogP) is 14.4. The Hall–Kier alpha value is -6.64. The first-order chi connectivity index (χ1) is 26.1. The number of hydrogen-bond donors (Lipinski definition) is 0. The quantitative estimate of drug-likeness (QED) is 0.174. The van der Waals surface area contributed by atoms with Gasteiger partial charge in [0.15, 0.2) is 0 Å². The molecule has 0 amide bonds. The highest BCUT2D eigenvalue weighted by atomic mass is 16.3. The topological polar surface area (TPSA) is 16.4 Å². The summed E-state index contributed by atoms with van der Waals surface area (Å²) in [5, 5.41) is 2.26. The molecule has 53 heavy (non-hydrogen) atoms. The van der Waals surface area contributed by atoms with Crippen LogP contribution < -0.4 is 4.90 Å². The zero-order valence-corrected chi connectivity index (χ0v) is 29.8. The van der Waals surface area contributed by atoms with E-state index in [-0.39, 0.29) is 5.41 Å². The molecule has 1 aliphatic rings. The fourth-order valence-electron chi connectivity index (χ4n) is 8.54. The molecule has 1 aliphatic carbocycles. The maximum absolute atomic E-state index is 6.19. The van der Waals surface area contributed by atoms with E-state index < -0.39 is 0 Å². The molecule has 0 aliphatic heterocycles. The Morgan fingerprint density at radius 2 is 0.981 bits per heavy atom. The third-order valence-electron chi connectivity index (χ3n) is 11.1. The van der Waals surface area contributed by atoms with Gasteiger partial charge in [0, 0.05) is 33.0 Å². The molecule has 1 aromatic heterocycles. The molecule has 252 valence electrons. The molecule has 0 saturated carbocycles. The van der Waals surface area contributed by atoms with Crippen molar-refractivity contribution in [1.29, 1.82) is 0 Å². The Labute approximate surface area is 310 Å². The Bertz CT molecular complexity index is 2820. The van der Waals surface area contributed by atoms with Gasteiger partial charge in [0.1, 0.15) is 11.2 Å². The normalized spacial score (nSPS) is 12.9. The summed E-state index contributed by atoms with van der Waals surface area (Å²) in [5.74, 6) is 0. The van der Waals surface area contributed by atoms with Crippen molar-refractivity contribution in [3.63, 3.8) is 0 Å². The summed E-state index contributed by atoms with van der Waals surface area (Å²) in [6.07, 6.45) is 0. The molecular formula is C51H37NO. The summed E-state index contributed by atoms with van der Waals surface area (Å²) in [6, 6.07) is 68.0. The van der Waals surface area contributed by atoms with Crippen LogP contribution in [0.3, 0.4) is 0 Å². The lowest BCUT2D eigenvalue weighted by Crippen LogP contribution is -2.15. The Kier molecular flexibility index (Phi) is 7.19. The van der Waals surface area contributed by atoms with E-state index in [9.17, 15) is 0 Å². The fraction of sp³-hybridized carbons (Fsp3) is 0.0588. The van der Waals surface area contributed by atoms with Crippen LogP contribution in [0.25, 0.3) is 66.4 Å². The highest BCUT2D eigenvalue weighted by Crippen LogP contribution is 2.54. The molecule has 0 N–H and O–H groups in total. The van der Waals surface area contributed by atoms with Crippen LogP contribution in [0.5, 0.6) is 0 Å². The third-order valence-corrected chi connectivity index (χ3v) is 11.1. The minimum atomic E-state index is -0.0910. The van der Waals surface area contributed by atoms with Gasteiger partial charge in [-0.05, 0) is 87.0 Å². The van der Waals surface area contributed by atoms with E-state index in [4.69, 9.17) is 4.42 Å². The van der Waals surface area contributed by atoms with Crippen LogP contribution in [0.2, 0.25) is 0 Å². The standard InChI is InChI=1S/C51H37NO/c1-51(2)44-25-10-6-23-42(44)50-41(24-15-26-45(50)51)39-21-8-12-28-47(39)52(46-27-11-7-20-38(46)34-16-4-3-5-17-34)37-19-14-18-35(32-37)36-30-31-49-43(33-36)40-22-9-13-29-48(40)53-49/h3-33H,1-2H3. The first-order valence-corrected chi connectivity index (χ1v) is 18.4. The fourth-order valence-corrected chi connectivity index (χ4v) is 8.54. The van der Waals surface area contributed by atoms with Crippen molar-refractivity contribution in [3.8, 4) is 44.5 Å². The number of rotatable bonds is 6. The number of anilines is 3. The molecular weight excluding hydrogens is 643 g/mol. The second kappa shape index (κ2) is 12.3. The number of para-hydroxylation sites is 3. The molecule has 2 nitrogen and oxygen atoms in total. The van der Waals surface area contributed by atoms with Gasteiger partial charge in [-0.25, -0.2) is 0 Å². The highest BCUT2D eigenvalue weighted by Gasteiger charge is 2.37. The van der Waals surface area contributed by atoms with Gasteiger partial charge < -0.3 is 9.32 Å². The minimum absolute atomic E-state index is 0.0910. The molecule has 0 saturated heterocycles. The van der Waals surface area contributed by atoms with Crippen LogP contribution in [-0.2, 0) is 5.41 Å². The van der Waals surface area contributed by atoms with Gasteiger partial charge in [0.25, 0.3) is 0 Å². The minimum Gasteiger partial charge on any atom is -0.456 e.